The highest BCUT2D eigenvalue weighted by Crippen LogP contribution is 2.29. The Morgan fingerprint density at radius 1 is 1.11 bits per heavy atom. The number of carbonyl (C=O) groups excluding carboxylic acids is 1. The first kappa shape index (κ1) is 19.2. The average Bonchev–Trinajstić information content (AvgIpc) is 2.69. The number of hydrogen-bond acceptors (Lipinski definition) is 5. The van der Waals surface area contributed by atoms with E-state index < -0.39 is 15.8 Å². The van der Waals surface area contributed by atoms with Crippen molar-refractivity contribution >= 4 is 26.5 Å². The van der Waals surface area contributed by atoms with Crippen LogP contribution in [0.15, 0.2) is 36.7 Å². The summed E-state index contributed by atoms with van der Waals surface area (Å²) in [7, 11) is -3.06. The fourth-order valence-electron chi connectivity index (χ4n) is 4.25. The molecule has 0 bridgehead atoms. The van der Waals surface area contributed by atoms with Gasteiger partial charge < -0.3 is 10.1 Å². The molecule has 0 spiro atoms. The van der Waals surface area contributed by atoms with Crippen LogP contribution in [0.2, 0.25) is 0 Å². The molecule has 2 fully saturated rings. The summed E-state index contributed by atoms with van der Waals surface area (Å²) in [6.45, 7) is 0. The van der Waals surface area contributed by atoms with Crippen LogP contribution in [0, 0.1) is 5.92 Å². The van der Waals surface area contributed by atoms with Gasteiger partial charge in [-0.05, 0) is 50.7 Å². The lowest BCUT2D eigenvalue weighted by Crippen LogP contribution is -2.45. The van der Waals surface area contributed by atoms with Gasteiger partial charge in [0.05, 0.1) is 23.5 Å². The number of fused-ring (bicyclic) bond motifs is 1. The molecule has 7 heteroatoms. The van der Waals surface area contributed by atoms with Crippen LogP contribution < -0.4 is 10.1 Å². The van der Waals surface area contributed by atoms with Crippen molar-refractivity contribution < 1.29 is 17.9 Å². The van der Waals surface area contributed by atoms with E-state index in [1.807, 2.05) is 30.5 Å². The van der Waals surface area contributed by atoms with Gasteiger partial charge in [-0.25, -0.2) is 8.42 Å². The van der Waals surface area contributed by atoms with Crippen LogP contribution in [0.25, 0.3) is 10.8 Å². The normalized spacial score (nSPS) is 27.2. The van der Waals surface area contributed by atoms with Gasteiger partial charge in [-0.15, -0.1) is 0 Å². The third-order valence-corrected chi connectivity index (χ3v) is 7.61. The maximum atomic E-state index is 12.5. The zero-order chi connectivity index (χ0) is 19.6. The molecule has 1 aliphatic heterocycles. The van der Waals surface area contributed by atoms with Gasteiger partial charge in [-0.3, -0.25) is 9.78 Å². The SMILES string of the molecule is O=C(NC1CCC(Oc2cccc3cnccc23)CC1)C1CCCS(=O)(=O)C1. The number of aromatic nitrogens is 1. The molecule has 2 heterocycles. The van der Waals surface area contributed by atoms with Crippen molar-refractivity contribution in [2.75, 3.05) is 11.5 Å². The van der Waals surface area contributed by atoms with Crippen molar-refractivity contribution in [3.8, 4) is 5.75 Å². The van der Waals surface area contributed by atoms with E-state index in [1.54, 1.807) is 6.20 Å². The minimum atomic E-state index is -3.06. The van der Waals surface area contributed by atoms with Crippen molar-refractivity contribution in [3.63, 3.8) is 0 Å². The first-order chi connectivity index (χ1) is 13.5. The molecule has 1 aromatic heterocycles. The molecule has 2 aromatic rings. The predicted molar refractivity (Wildman–Crippen MR) is 108 cm³/mol. The number of hydrogen-bond donors (Lipinski definition) is 1. The van der Waals surface area contributed by atoms with Crippen LogP contribution in [0.3, 0.4) is 0 Å². The van der Waals surface area contributed by atoms with Crippen LogP contribution in [0.1, 0.15) is 38.5 Å². The third-order valence-electron chi connectivity index (χ3n) is 5.79. The van der Waals surface area contributed by atoms with E-state index in [9.17, 15) is 13.2 Å². The van der Waals surface area contributed by atoms with E-state index in [0.717, 1.165) is 42.2 Å². The number of ether oxygens (including phenoxy) is 1. The molecule has 1 saturated heterocycles. The number of pyridine rings is 1. The molecule has 6 nitrogen and oxygen atoms in total. The molecule has 1 unspecified atom stereocenters. The van der Waals surface area contributed by atoms with Crippen LogP contribution in [0.5, 0.6) is 5.75 Å². The largest absolute Gasteiger partial charge is 0.490 e. The third kappa shape index (κ3) is 4.46. The number of nitrogens with one attached hydrogen (secondary N) is 1. The Hall–Kier alpha value is -2.15. The molecule has 2 aliphatic rings. The Bertz CT molecular complexity index is 947. The van der Waals surface area contributed by atoms with Gasteiger partial charge in [0.2, 0.25) is 5.91 Å². The quantitative estimate of drug-likeness (QED) is 0.850. The molecule has 1 N–H and O–H groups in total. The lowest BCUT2D eigenvalue weighted by atomic mass is 9.92. The van der Waals surface area contributed by atoms with Crippen molar-refractivity contribution in [2.45, 2.75) is 50.7 Å². The fraction of sp³-hybridized carbons (Fsp3) is 0.524. The Labute approximate surface area is 165 Å². The lowest BCUT2D eigenvalue weighted by molar-refractivity contribution is -0.125. The topological polar surface area (TPSA) is 85.4 Å². The highest BCUT2D eigenvalue weighted by molar-refractivity contribution is 7.91. The summed E-state index contributed by atoms with van der Waals surface area (Å²) in [6, 6.07) is 8.05. The maximum absolute atomic E-state index is 12.5. The van der Waals surface area contributed by atoms with Gasteiger partial charge in [-0.2, -0.15) is 0 Å². The summed E-state index contributed by atoms with van der Waals surface area (Å²) in [5, 5.41) is 5.19. The van der Waals surface area contributed by atoms with E-state index in [0.29, 0.717) is 12.8 Å². The standard InChI is InChI=1S/C21H26N2O4S/c24-21(16-4-2-12-28(25,26)14-16)23-17-6-8-18(9-7-17)27-20-5-1-3-15-13-22-11-10-19(15)20/h1,3,5,10-11,13,16-18H,2,4,6-9,12,14H2,(H,23,24). The summed E-state index contributed by atoms with van der Waals surface area (Å²) in [4.78, 5) is 16.6. The maximum Gasteiger partial charge on any atom is 0.224 e. The highest BCUT2D eigenvalue weighted by Gasteiger charge is 2.32. The molecule has 4 rings (SSSR count). The van der Waals surface area contributed by atoms with Crippen molar-refractivity contribution in [2.24, 2.45) is 5.92 Å². The van der Waals surface area contributed by atoms with Gasteiger partial charge in [-0.1, -0.05) is 12.1 Å². The Balaban J connectivity index is 1.30. The number of benzene rings is 1. The first-order valence-electron chi connectivity index (χ1n) is 10.0. The highest BCUT2D eigenvalue weighted by atomic mass is 32.2. The van der Waals surface area contributed by atoms with Gasteiger partial charge in [0, 0.05) is 29.2 Å². The second-order valence-electron chi connectivity index (χ2n) is 7.91. The summed E-state index contributed by atoms with van der Waals surface area (Å²) in [5.74, 6) is 0.586. The molecule has 1 aromatic carbocycles. The second kappa shape index (κ2) is 8.07. The first-order valence-corrected chi connectivity index (χ1v) is 11.8. The molecule has 1 aliphatic carbocycles. The number of nitrogens with zero attached hydrogens (tertiary/aromatic N) is 1. The summed E-state index contributed by atoms with van der Waals surface area (Å²) in [5.41, 5.74) is 0. The Kier molecular flexibility index (Phi) is 5.53. The van der Waals surface area contributed by atoms with Gasteiger partial charge in [0.25, 0.3) is 0 Å². The molecular weight excluding hydrogens is 376 g/mol. The van der Waals surface area contributed by atoms with E-state index in [4.69, 9.17) is 4.74 Å². The Morgan fingerprint density at radius 3 is 2.71 bits per heavy atom. The monoisotopic (exact) mass is 402 g/mol. The molecule has 150 valence electrons. The smallest absolute Gasteiger partial charge is 0.224 e. The number of carbonyl (C=O) groups is 1. The van der Waals surface area contributed by atoms with Crippen LogP contribution in [-0.4, -0.2) is 43.0 Å². The van der Waals surface area contributed by atoms with Gasteiger partial charge >= 0.3 is 0 Å². The van der Waals surface area contributed by atoms with E-state index >= 15 is 0 Å². The number of rotatable bonds is 4. The van der Waals surface area contributed by atoms with E-state index in [1.165, 1.54) is 0 Å². The van der Waals surface area contributed by atoms with Crippen LogP contribution in [0.4, 0.5) is 0 Å². The molecule has 1 saturated carbocycles. The zero-order valence-electron chi connectivity index (χ0n) is 15.8. The molecule has 1 amide bonds. The molecule has 28 heavy (non-hydrogen) atoms. The average molecular weight is 403 g/mol. The predicted octanol–water partition coefficient (Wildman–Crippen LogP) is 2.87. The van der Waals surface area contributed by atoms with Crippen LogP contribution >= 0.6 is 0 Å². The fourth-order valence-corrected chi connectivity index (χ4v) is 5.95. The second-order valence-corrected chi connectivity index (χ2v) is 10.1. The molecule has 0 radical (unpaired) electrons. The molecule has 1 atom stereocenters. The van der Waals surface area contributed by atoms with E-state index in [-0.39, 0.29) is 29.6 Å². The molecular formula is C21H26N2O4S. The van der Waals surface area contributed by atoms with Gasteiger partial charge in [0.15, 0.2) is 9.84 Å². The lowest BCUT2D eigenvalue weighted by Gasteiger charge is -2.31. The van der Waals surface area contributed by atoms with Crippen LogP contribution in [-0.2, 0) is 14.6 Å². The Morgan fingerprint density at radius 2 is 1.93 bits per heavy atom. The van der Waals surface area contributed by atoms with Gasteiger partial charge in [0.1, 0.15) is 5.75 Å². The summed E-state index contributed by atoms with van der Waals surface area (Å²) < 4.78 is 29.8. The minimum Gasteiger partial charge on any atom is -0.490 e. The van der Waals surface area contributed by atoms with E-state index in [2.05, 4.69) is 10.3 Å². The summed E-state index contributed by atoms with van der Waals surface area (Å²) in [6.07, 6.45) is 8.42. The van der Waals surface area contributed by atoms with Crippen molar-refractivity contribution in [1.82, 2.24) is 10.3 Å². The number of amides is 1. The van der Waals surface area contributed by atoms with Crippen molar-refractivity contribution in [1.29, 1.82) is 0 Å². The summed E-state index contributed by atoms with van der Waals surface area (Å²) >= 11 is 0. The zero-order valence-corrected chi connectivity index (χ0v) is 16.7. The minimum absolute atomic E-state index is 0.00672. The van der Waals surface area contributed by atoms with Crippen molar-refractivity contribution in [3.05, 3.63) is 36.7 Å². The number of sulfone groups is 1.